The van der Waals surface area contributed by atoms with Gasteiger partial charge in [-0.25, -0.2) is 4.98 Å². The normalized spacial score (nSPS) is 17.2. The van der Waals surface area contributed by atoms with Crippen LogP contribution in [0.5, 0.6) is 5.75 Å². The van der Waals surface area contributed by atoms with Crippen molar-refractivity contribution in [2.75, 3.05) is 19.7 Å². The second-order valence-electron chi connectivity index (χ2n) is 8.47. The molecule has 0 spiro atoms. The smallest absolute Gasteiger partial charge is 0.159 e. The molecule has 0 saturated carbocycles. The Morgan fingerprint density at radius 1 is 1.19 bits per heavy atom. The minimum atomic E-state index is -1.04. The van der Waals surface area contributed by atoms with Gasteiger partial charge < -0.3 is 14.9 Å². The minimum Gasteiger partial charge on any atom is -0.493 e. The highest BCUT2D eigenvalue weighted by Gasteiger charge is 2.37. The van der Waals surface area contributed by atoms with E-state index in [0.29, 0.717) is 56.0 Å². The van der Waals surface area contributed by atoms with E-state index < -0.39 is 11.8 Å². The van der Waals surface area contributed by atoms with Crippen molar-refractivity contribution in [3.63, 3.8) is 0 Å². The van der Waals surface area contributed by atoms with Crippen molar-refractivity contribution < 1.29 is 19.7 Å². The maximum atomic E-state index is 11.5. The molecule has 168 valence electrons. The molecule has 1 fully saturated rings. The molecular weight excluding hydrogens is 406 g/mol. The fraction of sp³-hybridized carbons (Fsp3) is 0.400. The summed E-state index contributed by atoms with van der Waals surface area (Å²) in [7, 11) is 0. The second-order valence-corrected chi connectivity index (χ2v) is 8.47. The lowest BCUT2D eigenvalue weighted by Gasteiger charge is -2.39. The Bertz CT molecular complexity index is 1110. The molecular formula is C25H29N3O4. The molecule has 1 atom stereocenters. The number of carbonyl (C=O) groups is 1. The van der Waals surface area contributed by atoms with Gasteiger partial charge in [0.25, 0.3) is 0 Å². The fourth-order valence-electron chi connectivity index (χ4n) is 4.12. The summed E-state index contributed by atoms with van der Waals surface area (Å²) in [6.07, 6.45) is 2.40. The van der Waals surface area contributed by atoms with Crippen molar-refractivity contribution in [2.24, 2.45) is 0 Å². The average molecular weight is 436 g/mol. The van der Waals surface area contributed by atoms with Gasteiger partial charge in [-0.3, -0.25) is 14.7 Å². The maximum absolute atomic E-state index is 11.5. The van der Waals surface area contributed by atoms with Gasteiger partial charge in [0.15, 0.2) is 5.78 Å². The number of fused-ring (bicyclic) bond motifs is 1. The Hall–Kier alpha value is -2.87. The predicted molar refractivity (Wildman–Crippen MR) is 122 cm³/mol. The van der Waals surface area contributed by atoms with Crippen LogP contribution in [0, 0.1) is 6.92 Å². The number of hydrogen-bond donors (Lipinski definition) is 2. The zero-order valence-electron chi connectivity index (χ0n) is 18.5. The van der Waals surface area contributed by atoms with Crippen LogP contribution in [-0.2, 0) is 5.60 Å². The number of piperidine rings is 1. The van der Waals surface area contributed by atoms with Crippen LogP contribution in [0.15, 0.2) is 48.7 Å². The molecule has 7 nitrogen and oxygen atoms in total. The first-order chi connectivity index (χ1) is 15.4. The number of hydrogen-bond acceptors (Lipinski definition) is 7. The van der Waals surface area contributed by atoms with Gasteiger partial charge in [-0.2, -0.15) is 0 Å². The topological polar surface area (TPSA) is 95.8 Å². The van der Waals surface area contributed by atoms with Gasteiger partial charge in [0.1, 0.15) is 17.6 Å². The number of ether oxygens (including phenoxy) is 1. The van der Waals surface area contributed by atoms with Gasteiger partial charge >= 0.3 is 0 Å². The number of benzene rings is 2. The third kappa shape index (κ3) is 4.80. The summed E-state index contributed by atoms with van der Waals surface area (Å²) in [6, 6.07) is 13.0. The highest BCUT2D eigenvalue weighted by atomic mass is 16.5. The number of aliphatic hydroxyl groups is 2. The molecule has 2 heterocycles. The zero-order chi connectivity index (χ0) is 22.7. The van der Waals surface area contributed by atoms with E-state index >= 15 is 0 Å². The summed E-state index contributed by atoms with van der Waals surface area (Å²) in [4.78, 5) is 22.5. The van der Waals surface area contributed by atoms with Crippen LogP contribution >= 0.6 is 0 Å². The third-order valence-electron chi connectivity index (χ3n) is 6.19. The first kappa shape index (κ1) is 22.3. The zero-order valence-corrected chi connectivity index (χ0v) is 18.5. The predicted octanol–water partition coefficient (Wildman–Crippen LogP) is 3.21. The van der Waals surface area contributed by atoms with E-state index in [1.54, 1.807) is 18.3 Å². The first-order valence-electron chi connectivity index (χ1n) is 11.0. The van der Waals surface area contributed by atoms with Crippen molar-refractivity contribution in [2.45, 2.75) is 44.9 Å². The summed E-state index contributed by atoms with van der Waals surface area (Å²) < 4.78 is 5.82. The second kappa shape index (κ2) is 9.32. The fourth-order valence-corrected chi connectivity index (χ4v) is 4.12. The van der Waals surface area contributed by atoms with Crippen LogP contribution in [0.1, 0.15) is 47.8 Å². The van der Waals surface area contributed by atoms with Crippen LogP contribution in [0.25, 0.3) is 11.0 Å². The lowest BCUT2D eigenvalue weighted by Crippen LogP contribution is -2.47. The van der Waals surface area contributed by atoms with Crippen LogP contribution in [0.2, 0.25) is 0 Å². The molecule has 3 aromatic rings. The minimum absolute atomic E-state index is 0.0230. The van der Waals surface area contributed by atoms with Gasteiger partial charge in [-0.15, -0.1) is 0 Å². The van der Waals surface area contributed by atoms with Gasteiger partial charge in [0.2, 0.25) is 0 Å². The number of rotatable bonds is 7. The van der Waals surface area contributed by atoms with E-state index in [9.17, 15) is 15.0 Å². The molecule has 1 aliphatic heterocycles. The molecule has 7 heteroatoms. The lowest BCUT2D eigenvalue weighted by molar-refractivity contribution is -0.0836. The maximum Gasteiger partial charge on any atom is 0.159 e. The number of ketones is 1. The highest BCUT2D eigenvalue weighted by molar-refractivity contribution is 5.94. The van der Waals surface area contributed by atoms with Gasteiger partial charge in [-0.1, -0.05) is 12.1 Å². The molecule has 32 heavy (non-hydrogen) atoms. The quantitative estimate of drug-likeness (QED) is 0.550. The molecule has 2 N–H and O–H groups in total. The molecule has 1 aliphatic rings. The van der Waals surface area contributed by atoms with Crippen molar-refractivity contribution in [1.29, 1.82) is 0 Å². The summed E-state index contributed by atoms with van der Waals surface area (Å²) in [5, 5.41) is 21.8. The Labute approximate surface area is 187 Å². The highest BCUT2D eigenvalue weighted by Crippen LogP contribution is 2.32. The summed E-state index contributed by atoms with van der Waals surface area (Å²) in [5.74, 6) is 0.736. The molecule has 1 aromatic heterocycles. The Morgan fingerprint density at radius 2 is 1.91 bits per heavy atom. The van der Waals surface area contributed by atoms with Crippen molar-refractivity contribution in [3.8, 4) is 5.75 Å². The van der Waals surface area contributed by atoms with Crippen LogP contribution < -0.4 is 4.74 Å². The van der Waals surface area contributed by atoms with E-state index in [2.05, 4.69) is 9.97 Å². The number of likely N-dealkylation sites (tertiary alicyclic amines) is 1. The molecule has 0 radical (unpaired) electrons. The summed E-state index contributed by atoms with van der Waals surface area (Å²) in [6.45, 7) is 4.91. The Balaban J connectivity index is 1.30. The monoisotopic (exact) mass is 435 g/mol. The van der Waals surface area contributed by atoms with E-state index in [1.807, 2.05) is 42.2 Å². The van der Waals surface area contributed by atoms with E-state index in [0.717, 1.165) is 16.6 Å². The lowest BCUT2D eigenvalue weighted by atomic mass is 9.88. The number of nitrogens with zero attached hydrogens (tertiary/aromatic N) is 3. The molecule has 1 saturated heterocycles. The number of para-hydroxylation sites is 2. The van der Waals surface area contributed by atoms with Crippen LogP contribution in [-0.4, -0.2) is 56.8 Å². The van der Waals surface area contributed by atoms with Crippen LogP contribution in [0.4, 0.5) is 0 Å². The number of aromatic nitrogens is 2. The molecule has 0 aliphatic carbocycles. The number of aryl methyl sites for hydroxylation is 1. The number of Topliss-reactive ketones (excluding diaryl/α,β-unsaturated/α-hetero) is 1. The molecule has 1 unspecified atom stereocenters. The number of aliphatic hydroxyl groups excluding tert-OH is 1. The van der Waals surface area contributed by atoms with E-state index in [4.69, 9.17) is 4.74 Å². The van der Waals surface area contributed by atoms with Gasteiger partial charge in [-0.05, 0) is 62.6 Å². The molecule has 0 bridgehead atoms. The van der Waals surface area contributed by atoms with Crippen molar-refractivity contribution in [1.82, 2.24) is 14.9 Å². The van der Waals surface area contributed by atoms with Crippen molar-refractivity contribution >= 4 is 16.8 Å². The Kier molecular flexibility index (Phi) is 6.50. The number of carbonyl (C=O) groups excluding carboxylic acids is 1. The largest absolute Gasteiger partial charge is 0.493 e. The summed E-state index contributed by atoms with van der Waals surface area (Å²) >= 11 is 0. The first-order valence-corrected chi connectivity index (χ1v) is 11.0. The third-order valence-corrected chi connectivity index (χ3v) is 6.19. The van der Waals surface area contributed by atoms with E-state index in [1.165, 1.54) is 6.92 Å². The van der Waals surface area contributed by atoms with Gasteiger partial charge in [0.05, 0.1) is 29.5 Å². The molecule has 0 amide bonds. The molecule has 4 rings (SSSR count). The average Bonchev–Trinajstić information content (AvgIpc) is 2.80. The SMILES string of the molecule is CC(=O)c1ccc(OCCC(O)N2CCC(O)(c3cnc4ccccc4n3)CC2)c(C)c1. The summed E-state index contributed by atoms with van der Waals surface area (Å²) in [5.41, 5.74) is 2.67. The Morgan fingerprint density at radius 3 is 2.59 bits per heavy atom. The van der Waals surface area contributed by atoms with Crippen LogP contribution in [0.3, 0.4) is 0 Å². The van der Waals surface area contributed by atoms with Crippen molar-refractivity contribution in [3.05, 3.63) is 65.5 Å². The standard InChI is InChI=1S/C25H29N3O4/c1-17-15-19(18(2)29)7-8-22(17)32-14-9-24(30)28-12-10-25(31,11-13-28)23-16-26-20-5-3-4-6-21(20)27-23/h3-8,15-16,24,30-31H,9-14H2,1-2H3. The van der Waals surface area contributed by atoms with E-state index in [-0.39, 0.29) is 5.78 Å². The molecule has 2 aromatic carbocycles. The van der Waals surface area contributed by atoms with Gasteiger partial charge in [0, 0.05) is 25.1 Å².